The van der Waals surface area contributed by atoms with Crippen molar-refractivity contribution in [2.75, 3.05) is 27.1 Å². The zero-order chi connectivity index (χ0) is 18.9. The SMILES string of the molecule is COc1cc(/C=N\NC(=O)CSc2ccccc2F)cc(OC)c1OC. The summed E-state index contributed by atoms with van der Waals surface area (Å²) in [5.74, 6) is 0.781. The van der Waals surface area contributed by atoms with Gasteiger partial charge in [-0.1, -0.05) is 12.1 Å². The molecule has 0 saturated carbocycles. The van der Waals surface area contributed by atoms with E-state index < -0.39 is 0 Å². The van der Waals surface area contributed by atoms with Crippen molar-refractivity contribution in [3.05, 3.63) is 47.8 Å². The molecule has 0 heterocycles. The number of methoxy groups -OCH3 is 3. The van der Waals surface area contributed by atoms with Crippen molar-refractivity contribution in [1.82, 2.24) is 5.43 Å². The Morgan fingerprint density at radius 1 is 1.15 bits per heavy atom. The molecule has 26 heavy (non-hydrogen) atoms. The molecule has 1 amide bonds. The van der Waals surface area contributed by atoms with Crippen molar-refractivity contribution >= 4 is 23.9 Å². The van der Waals surface area contributed by atoms with E-state index >= 15 is 0 Å². The molecule has 0 saturated heterocycles. The third-order valence-electron chi connectivity index (χ3n) is 3.29. The summed E-state index contributed by atoms with van der Waals surface area (Å²) in [4.78, 5) is 12.2. The number of hydrogen-bond donors (Lipinski definition) is 1. The molecule has 0 aliphatic rings. The van der Waals surface area contributed by atoms with Gasteiger partial charge < -0.3 is 14.2 Å². The summed E-state index contributed by atoms with van der Waals surface area (Å²) in [5, 5.41) is 3.90. The molecular weight excluding hydrogens is 359 g/mol. The van der Waals surface area contributed by atoms with Gasteiger partial charge in [0.1, 0.15) is 5.82 Å². The molecule has 2 rings (SSSR count). The lowest BCUT2D eigenvalue weighted by atomic mass is 10.2. The first-order valence-corrected chi connectivity index (χ1v) is 8.56. The first-order chi connectivity index (χ1) is 12.6. The van der Waals surface area contributed by atoms with Gasteiger partial charge in [-0.2, -0.15) is 5.10 Å². The molecule has 1 N–H and O–H groups in total. The summed E-state index contributed by atoms with van der Waals surface area (Å²) in [6.07, 6.45) is 1.45. The minimum atomic E-state index is -0.355. The van der Waals surface area contributed by atoms with Gasteiger partial charge in [-0.05, 0) is 24.3 Å². The Hall–Kier alpha value is -2.74. The van der Waals surface area contributed by atoms with Crippen LogP contribution in [0.15, 0.2) is 46.4 Å². The number of hydrazone groups is 1. The molecule has 0 fully saturated rings. The van der Waals surface area contributed by atoms with E-state index in [-0.39, 0.29) is 17.5 Å². The number of thioether (sulfide) groups is 1. The summed E-state index contributed by atoms with van der Waals surface area (Å²) < 4.78 is 29.2. The summed E-state index contributed by atoms with van der Waals surface area (Å²) in [6.45, 7) is 0. The number of carbonyl (C=O) groups is 1. The number of ether oxygens (including phenoxy) is 3. The van der Waals surface area contributed by atoms with Gasteiger partial charge in [0.15, 0.2) is 11.5 Å². The third-order valence-corrected chi connectivity index (χ3v) is 4.33. The van der Waals surface area contributed by atoms with Gasteiger partial charge in [-0.3, -0.25) is 4.79 Å². The molecule has 0 aliphatic carbocycles. The molecule has 0 aromatic heterocycles. The van der Waals surface area contributed by atoms with E-state index in [0.717, 1.165) is 11.8 Å². The second-order valence-corrected chi connectivity index (χ2v) is 5.99. The van der Waals surface area contributed by atoms with Crippen LogP contribution >= 0.6 is 11.8 Å². The third kappa shape index (κ3) is 5.13. The van der Waals surface area contributed by atoms with E-state index in [2.05, 4.69) is 10.5 Å². The average Bonchev–Trinajstić information content (AvgIpc) is 2.66. The maximum Gasteiger partial charge on any atom is 0.250 e. The number of nitrogens with zero attached hydrogens (tertiary/aromatic N) is 1. The highest BCUT2D eigenvalue weighted by Crippen LogP contribution is 2.37. The Kier molecular flexibility index (Phi) is 7.28. The lowest BCUT2D eigenvalue weighted by Crippen LogP contribution is -2.19. The number of halogens is 1. The Balaban J connectivity index is 1.97. The van der Waals surface area contributed by atoms with Crippen molar-refractivity contribution < 1.29 is 23.4 Å². The number of hydrogen-bond acceptors (Lipinski definition) is 6. The van der Waals surface area contributed by atoms with E-state index in [1.165, 1.54) is 33.6 Å². The Morgan fingerprint density at radius 2 is 1.81 bits per heavy atom. The van der Waals surface area contributed by atoms with Gasteiger partial charge in [0.25, 0.3) is 0 Å². The molecule has 2 aromatic rings. The number of benzene rings is 2. The Bertz CT molecular complexity index is 774. The maximum absolute atomic E-state index is 13.5. The molecule has 0 bridgehead atoms. The van der Waals surface area contributed by atoms with Crippen LogP contribution in [0.25, 0.3) is 0 Å². The predicted octanol–water partition coefficient (Wildman–Crippen LogP) is 3.09. The van der Waals surface area contributed by atoms with Crippen LogP contribution in [-0.4, -0.2) is 39.2 Å². The van der Waals surface area contributed by atoms with E-state index in [1.807, 2.05) is 0 Å². The predicted molar refractivity (Wildman–Crippen MR) is 99.0 cm³/mol. The summed E-state index contributed by atoms with van der Waals surface area (Å²) >= 11 is 1.10. The van der Waals surface area contributed by atoms with Crippen molar-refractivity contribution in [2.24, 2.45) is 5.10 Å². The first kappa shape index (κ1) is 19.6. The largest absolute Gasteiger partial charge is 0.493 e. The minimum absolute atomic E-state index is 0.0491. The second-order valence-electron chi connectivity index (χ2n) is 4.97. The highest BCUT2D eigenvalue weighted by Gasteiger charge is 2.12. The quantitative estimate of drug-likeness (QED) is 0.434. The fraction of sp³-hybridized carbons (Fsp3) is 0.222. The average molecular weight is 378 g/mol. The van der Waals surface area contributed by atoms with E-state index in [9.17, 15) is 9.18 Å². The van der Waals surface area contributed by atoms with Crippen molar-refractivity contribution in [3.8, 4) is 17.2 Å². The van der Waals surface area contributed by atoms with E-state index in [4.69, 9.17) is 14.2 Å². The molecule has 2 aromatic carbocycles. The second kappa shape index (κ2) is 9.67. The molecule has 0 atom stereocenters. The monoisotopic (exact) mass is 378 g/mol. The lowest BCUT2D eigenvalue weighted by molar-refractivity contribution is -0.118. The van der Waals surface area contributed by atoms with E-state index in [0.29, 0.717) is 27.7 Å². The van der Waals surface area contributed by atoms with Gasteiger partial charge in [0, 0.05) is 10.5 Å². The van der Waals surface area contributed by atoms with Gasteiger partial charge >= 0.3 is 0 Å². The minimum Gasteiger partial charge on any atom is -0.493 e. The molecule has 6 nitrogen and oxygen atoms in total. The highest BCUT2D eigenvalue weighted by molar-refractivity contribution is 8.00. The normalized spacial score (nSPS) is 10.6. The standard InChI is InChI=1S/C18H19FN2O4S/c1-23-14-8-12(9-15(24-2)18(14)25-3)10-20-21-17(22)11-26-16-7-5-4-6-13(16)19/h4-10H,11H2,1-3H3,(H,21,22)/b20-10-. The van der Waals surface area contributed by atoms with Crippen LogP contribution in [0.3, 0.4) is 0 Å². The van der Waals surface area contributed by atoms with Crippen LogP contribution in [0.1, 0.15) is 5.56 Å². The smallest absolute Gasteiger partial charge is 0.250 e. The zero-order valence-electron chi connectivity index (χ0n) is 14.6. The van der Waals surface area contributed by atoms with Crippen LogP contribution in [0.5, 0.6) is 17.2 Å². The molecule has 138 valence electrons. The highest BCUT2D eigenvalue weighted by atomic mass is 32.2. The van der Waals surface area contributed by atoms with Gasteiger partial charge in [0.2, 0.25) is 11.7 Å². The summed E-state index contributed by atoms with van der Waals surface area (Å²) in [5.41, 5.74) is 3.05. The van der Waals surface area contributed by atoms with Crippen LogP contribution in [0, 0.1) is 5.82 Å². The molecular formula is C18H19FN2O4S. The fourth-order valence-corrected chi connectivity index (χ4v) is 2.82. The van der Waals surface area contributed by atoms with E-state index in [1.54, 1.807) is 30.3 Å². The van der Waals surface area contributed by atoms with Gasteiger partial charge in [0.05, 0.1) is 33.3 Å². The van der Waals surface area contributed by atoms with Gasteiger partial charge in [-0.25, -0.2) is 9.82 Å². The molecule has 8 heteroatoms. The number of rotatable bonds is 8. The van der Waals surface area contributed by atoms with Crippen molar-refractivity contribution in [2.45, 2.75) is 4.90 Å². The topological polar surface area (TPSA) is 69.2 Å². The number of carbonyl (C=O) groups excluding carboxylic acids is 1. The lowest BCUT2D eigenvalue weighted by Gasteiger charge is -2.12. The maximum atomic E-state index is 13.5. The van der Waals surface area contributed by atoms with Crippen LogP contribution in [-0.2, 0) is 4.79 Å². The molecule has 0 radical (unpaired) electrons. The van der Waals surface area contributed by atoms with Crippen LogP contribution < -0.4 is 19.6 Å². The van der Waals surface area contributed by atoms with Crippen LogP contribution in [0.4, 0.5) is 4.39 Å². The Morgan fingerprint density at radius 3 is 2.38 bits per heavy atom. The fourth-order valence-electron chi connectivity index (χ4n) is 2.09. The van der Waals surface area contributed by atoms with Crippen molar-refractivity contribution in [1.29, 1.82) is 0 Å². The molecule has 0 spiro atoms. The summed E-state index contributed by atoms with van der Waals surface area (Å²) in [7, 11) is 4.54. The molecule has 0 unspecified atom stereocenters. The number of nitrogens with one attached hydrogen (secondary N) is 1. The first-order valence-electron chi connectivity index (χ1n) is 7.58. The van der Waals surface area contributed by atoms with Crippen molar-refractivity contribution in [3.63, 3.8) is 0 Å². The van der Waals surface area contributed by atoms with Crippen LogP contribution in [0.2, 0.25) is 0 Å². The van der Waals surface area contributed by atoms with Gasteiger partial charge in [-0.15, -0.1) is 11.8 Å². The molecule has 0 aliphatic heterocycles. The zero-order valence-corrected chi connectivity index (χ0v) is 15.4. The number of amides is 1. The Labute approximate surface area is 155 Å². The summed E-state index contributed by atoms with van der Waals surface area (Å²) in [6, 6.07) is 9.68.